The minimum absolute atomic E-state index is 0.122. The molecule has 2 N–H and O–H groups in total. The molecule has 31 heavy (non-hydrogen) atoms. The van der Waals surface area contributed by atoms with Crippen LogP contribution >= 0.6 is 11.3 Å². The Morgan fingerprint density at radius 1 is 1.16 bits per heavy atom. The van der Waals surface area contributed by atoms with Crippen molar-refractivity contribution in [2.75, 3.05) is 0 Å². The topological polar surface area (TPSA) is 65.4 Å². The number of hydrogen-bond acceptors (Lipinski definition) is 4. The lowest BCUT2D eigenvalue weighted by atomic mass is 10.0. The number of aromatic amines is 1. The number of hydrogen-bond donors (Lipinski definition) is 2. The number of halogens is 3. The zero-order chi connectivity index (χ0) is 22.4. The van der Waals surface area contributed by atoms with E-state index in [1.807, 2.05) is 11.4 Å². The molecule has 0 spiro atoms. The number of allylic oxidation sites excluding steroid dienone is 2. The molecule has 0 aliphatic heterocycles. The fraction of sp³-hybridized carbons (Fsp3) is 0.348. The summed E-state index contributed by atoms with van der Waals surface area (Å²) in [5.74, 6) is 0. The SMILES string of the molecule is C/C=C(\C=N)c1cc(-c2sccc2CCCCCC)cc(-c2cc(C(F)(F)F)[nH]n2)n1. The Morgan fingerprint density at radius 2 is 1.97 bits per heavy atom. The molecule has 0 saturated carbocycles. The van der Waals surface area contributed by atoms with Gasteiger partial charge >= 0.3 is 6.18 Å². The maximum absolute atomic E-state index is 13.0. The minimum atomic E-state index is -4.51. The fourth-order valence-electron chi connectivity index (χ4n) is 3.37. The lowest BCUT2D eigenvalue weighted by Crippen LogP contribution is -2.04. The van der Waals surface area contributed by atoms with Crippen molar-refractivity contribution in [2.45, 2.75) is 52.1 Å². The van der Waals surface area contributed by atoms with Crippen LogP contribution in [0, 0.1) is 5.41 Å². The molecule has 3 heterocycles. The Hall–Kier alpha value is -2.74. The molecule has 0 atom stereocenters. The van der Waals surface area contributed by atoms with Gasteiger partial charge in [0.1, 0.15) is 11.4 Å². The lowest BCUT2D eigenvalue weighted by molar-refractivity contribution is -0.141. The second-order valence-electron chi connectivity index (χ2n) is 7.26. The highest BCUT2D eigenvalue weighted by Gasteiger charge is 2.33. The van der Waals surface area contributed by atoms with E-state index in [1.165, 1.54) is 31.0 Å². The van der Waals surface area contributed by atoms with E-state index in [0.717, 1.165) is 29.3 Å². The van der Waals surface area contributed by atoms with E-state index < -0.39 is 11.9 Å². The molecule has 0 amide bonds. The van der Waals surface area contributed by atoms with Crippen molar-refractivity contribution in [1.82, 2.24) is 15.2 Å². The van der Waals surface area contributed by atoms with E-state index in [2.05, 4.69) is 28.2 Å². The molecule has 3 aromatic rings. The summed E-state index contributed by atoms with van der Waals surface area (Å²) in [7, 11) is 0. The number of aromatic nitrogens is 3. The van der Waals surface area contributed by atoms with Gasteiger partial charge in [-0.15, -0.1) is 11.3 Å². The van der Waals surface area contributed by atoms with Gasteiger partial charge < -0.3 is 5.41 Å². The molecule has 4 nitrogen and oxygen atoms in total. The average molecular weight is 447 g/mol. The van der Waals surface area contributed by atoms with Gasteiger partial charge in [0.2, 0.25) is 0 Å². The molecule has 0 unspecified atom stereocenters. The smallest absolute Gasteiger partial charge is 0.308 e. The van der Waals surface area contributed by atoms with Crippen molar-refractivity contribution in [3.63, 3.8) is 0 Å². The van der Waals surface area contributed by atoms with Gasteiger partial charge in [0.15, 0.2) is 0 Å². The quantitative estimate of drug-likeness (QED) is 0.266. The summed E-state index contributed by atoms with van der Waals surface area (Å²) in [6, 6.07) is 6.74. The monoisotopic (exact) mass is 446 g/mol. The van der Waals surface area contributed by atoms with Crippen LogP contribution in [0.25, 0.3) is 27.4 Å². The third-order valence-electron chi connectivity index (χ3n) is 5.04. The van der Waals surface area contributed by atoms with E-state index in [4.69, 9.17) is 5.41 Å². The van der Waals surface area contributed by atoms with Crippen LogP contribution in [0.1, 0.15) is 56.5 Å². The Balaban J connectivity index is 2.04. The zero-order valence-corrected chi connectivity index (χ0v) is 18.3. The van der Waals surface area contributed by atoms with Crippen LogP contribution in [-0.2, 0) is 12.6 Å². The van der Waals surface area contributed by atoms with Crippen molar-refractivity contribution in [1.29, 1.82) is 5.41 Å². The highest BCUT2D eigenvalue weighted by atomic mass is 32.1. The van der Waals surface area contributed by atoms with Gasteiger partial charge in [0.05, 0.1) is 11.4 Å². The molecule has 0 fully saturated rings. The largest absolute Gasteiger partial charge is 0.432 e. The third kappa shape index (κ3) is 5.50. The lowest BCUT2D eigenvalue weighted by Gasteiger charge is -2.10. The molecule has 0 aliphatic carbocycles. The van der Waals surface area contributed by atoms with Crippen molar-refractivity contribution in [3.8, 4) is 21.8 Å². The van der Waals surface area contributed by atoms with E-state index in [1.54, 1.807) is 30.4 Å². The number of thiophene rings is 1. The summed E-state index contributed by atoms with van der Waals surface area (Å²) in [6.45, 7) is 3.98. The summed E-state index contributed by atoms with van der Waals surface area (Å²) < 4.78 is 39.1. The molecule has 8 heteroatoms. The summed E-state index contributed by atoms with van der Waals surface area (Å²) in [4.78, 5) is 5.58. The molecular formula is C23H25F3N4S. The van der Waals surface area contributed by atoms with Crippen molar-refractivity contribution in [3.05, 3.63) is 52.7 Å². The van der Waals surface area contributed by atoms with E-state index >= 15 is 0 Å². The van der Waals surface area contributed by atoms with Gasteiger partial charge in [-0.25, -0.2) is 4.98 Å². The first-order valence-corrected chi connectivity index (χ1v) is 11.1. The predicted octanol–water partition coefficient (Wildman–Crippen LogP) is 7.39. The molecule has 0 bridgehead atoms. The molecule has 0 aromatic carbocycles. The van der Waals surface area contributed by atoms with Crippen LogP contribution in [0.15, 0.2) is 35.7 Å². The number of rotatable bonds is 9. The summed E-state index contributed by atoms with van der Waals surface area (Å²) in [6.07, 6.45) is 4.04. The number of alkyl halides is 3. The summed E-state index contributed by atoms with van der Waals surface area (Å²) >= 11 is 1.60. The Kier molecular flexibility index (Phi) is 7.43. The van der Waals surface area contributed by atoms with Gasteiger partial charge in [-0.2, -0.15) is 18.3 Å². The van der Waals surface area contributed by atoms with Crippen LogP contribution in [0.5, 0.6) is 0 Å². The Labute approximate surface area is 183 Å². The van der Waals surface area contributed by atoms with Gasteiger partial charge in [-0.3, -0.25) is 5.10 Å². The number of nitrogens with one attached hydrogen (secondary N) is 2. The van der Waals surface area contributed by atoms with Crippen LogP contribution in [0.2, 0.25) is 0 Å². The van der Waals surface area contributed by atoms with E-state index in [0.29, 0.717) is 17.0 Å². The first kappa shape index (κ1) is 22.9. The number of unbranched alkanes of at least 4 members (excludes halogenated alkanes) is 3. The molecular weight excluding hydrogens is 421 g/mol. The standard InChI is InChI=1S/C23H25F3N4S/c1-3-5-6-7-8-16-9-10-31-22(16)17-11-18(15(4-2)14-27)28-19(12-17)20-13-21(30-29-20)23(24,25)26/h4,9-14,27H,3,5-8H2,1-2H3,(H,29,30)/b15-4+,27-14?. The highest BCUT2D eigenvalue weighted by molar-refractivity contribution is 7.13. The van der Waals surface area contributed by atoms with Gasteiger partial charge in [-0.1, -0.05) is 32.3 Å². The average Bonchev–Trinajstić information content (AvgIpc) is 3.42. The Morgan fingerprint density at radius 3 is 2.61 bits per heavy atom. The molecule has 164 valence electrons. The fourth-order valence-corrected chi connectivity index (χ4v) is 4.32. The summed E-state index contributed by atoms with van der Waals surface area (Å²) in [5.41, 5.74) is 2.77. The Bertz CT molecular complexity index is 1060. The minimum Gasteiger partial charge on any atom is -0.308 e. The van der Waals surface area contributed by atoms with Crippen LogP contribution in [0.4, 0.5) is 13.2 Å². The van der Waals surface area contributed by atoms with Gasteiger partial charge in [0.25, 0.3) is 0 Å². The van der Waals surface area contributed by atoms with Crippen LogP contribution < -0.4 is 0 Å². The third-order valence-corrected chi connectivity index (χ3v) is 6.05. The predicted molar refractivity (Wildman–Crippen MR) is 120 cm³/mol. The molecule has 0 saturated heterocycles. The molecule has 0 aliphatic rings. The van der Waals surface area contributed by atoms with E-state index in [-0.39, 0.29) is 5.69 Å². The van der Waals surface area contributed by atoms with Gasteiger partial charge in [0, 0.05) is 16.7 Å². The first-order chi connectivity index (χ1) is 14.9. The number of pyridine rings is 1. The van der Waals surface area contributed by atoms with Crippen molar-refractivity contribution in [2.24, 2.45) is 0 Å². The second-order valence-corrected chi connectivity index (χ2v) is 8.18. The molecule has 3 rings (SSSR count). The van der Waals surface area contributed by atoms with Crippen LogP contribution in [0.3, 0.4) is 0 Å². The maximum Gasteiger partial charge on any atom is 0.432 e. The number of aryl methyl sites for hydroxylation is 1. The van der Waals surface area contributed by atoms with Crippen LogP contribution in [-0.4, -0.2) is 21.4 Å². The van der Waals surface area contributed by atoms with Gasteiger partial charge in [-0.05, 0) is 60.5 Å². The maximum atomic E-state index is 13.0. The number of H-pyrrole nitrogens is 1. The number of nitrogens with zero attached hydrogens (tertiary/aromatic N) is 2. The molecule has 3 aromatic heterocycles. The second kappa shape index (κ2) is 10.0. The first-order valence-electron chi connectivity index (χ1n) is 10.3. The molecule has 0 radical (unpaired) electrons. The van der Waals surface area contributed by atoms with Crippen molar-refractivity contribution < 1.29 is 13.2 Å². The summed E-state index contributed by atoms with van der Waals surface area (Å²) in [5, 5.41) is 15.6. The zero-order valence-electron chi connectivity index (χ0n) is 17.5. The van der Waals surface area contributed by atoms with Crippen molar-refractivity contribution >= 4 is 23.1 Å². The van der Waals surface area contributed by atoms with E-state index in [9.17, 15) is 13.2 Å². The highest BCUT2D eigenvalue weighted by Crippen LogP contribution is 2.35. The normalized spacial score (nSPS) is 12.4.